The first kappa shape index (κ1) is 29.6. The Hall–Kier alpha value is -5.48. The molecule has 2 amide bonds. The van der Waals surface area contributed by atoms with Crippen LogP contribution in [0.2, 0.25) is 5.02 Å². The predicted octanol–water partition coefficient (Wildman–Crippen LogP) is 5.63. The van der Waals surface area contributed by atoms with E-state index in [0.717, 1.165) is 28.5 Å². The molecule has 1 atom stereocenters. The molecule has 3 heterocycles. The number of rotatable bonds is 8. The van der Waals surface area contributed by atoms with Gasteiger partial charge < -0.3 is 20.7 Å². The van der Waals surface area contributed by atoms with Crippen LogP contribution < -0.4 is 15.8 Å². The minimum atomic E-state index is -0.335. The summed E-state index contributed by atoms with van der Waals surface area (Å²) in [5.74, 6) is 0.836. The molecule has 1 fully saturated rings. The molecule has 226 valence electrons. The van der Waals surface area contributed by atoms with E-state index in [1.54, 1.807) is 70.5 Å². The van der Waals surface area contributed by atoms with E-state index in [-0.39, 0.29) is 29.2 Å². The Bertz CT molecular complexity index is 1890. The lowest BCUT2D eigenvalue weighted by molar-refractivity contribution is 0.0783. The summed E-state index contributed by atoms with van der Waals surface area (Å²) in [6, 6.07) is 20.9. The van der Waals surface area contributed by atoms with Crippen LogP contribution in [0, 0.1) is 0 Å². The van der Waals surface area contributed by atoms with Gasteiger partial charge in [-0.05, 0) is 66.6 Å². The van der Waals surface area contributed by atoms with Crippen molar-refractivity contribution in [2.45, 2.75) is 12.5 Å². The van der Waals surface area contributed by atoms with Crippen LogP contribution in [-0.4, -0.2) is 56.9 Å². The van der Waals surface area contributed by atoms with E-state index in [1.807, 2.05) is 37.5 Å². The number of anilines is 1. The summed E-state index contributed by atoms with van der Waals surface area (Å²) in [7, 11) is 1.81. The lowest BCUT2D eigenvalue weighted by atomic mass is 10.0. The summed E-state index contributed by atoms with van der Waals surface area (Å²) in [5.41, 5.74) is 10.6. The van der Waals surface area contributed by atoms with Crippen LogP contribution in [0.1, 0.15) is 37.5 Å². The van der Waals surface area contributed by atoms with Gasteiger partial charge in [0.05, 0.1) is 16.8 Å². The first-order chi connectivity index (χ1) is 21.8. The van der Waals surface area contributed by atoms with E-state index in [4.69, 9.17) is 22.1 Å². The summed E-state index contributed by atoms with van der Waals surface area (Å²) in [6.45, 7) is 0.896. The predicted molar refractivity (Wildman–Crippen MR) is 171 cm³/mol. The number of amides is 2. The second kappa shape index (κ2) is 12.6. The minimum absolute atomic E-state index is 0.117. The highest BCUT2D eigenvalue weighted by Gasteiger charge is 2.29. The monoisotopic (exact) mass is 620 g/mol. The molecule has 6 rings (SSSR count). The van der Waals surface area contributed by atoms with Gasteiger partial charge in [0.1, 0.15) is 23.6 Å². The van der Waals surface area contributed by atoms with Crippen molar-refractivity contribution < 1.29 is 19.1 Å². The number of halogens is 1. The molecular weight excluding hydrogens is 592 g/mol. The van der Waals surface area contributed by atoms with Crippen molar-refractivity contribution in [3.05, 3.63) is 113 Å². The zero-order valence-electron chi connectivity index (χ0n) is 24.3. The molecule has 5 aromatic rings. The number of aryl methyl sites for hydroxylation is 1. The normalized spacial score (nSPS) is 14.3. The molecule has 11 heteroatoms. The van der Waals surface area contributed by atoms with Gasteiger partial charge >= 0.3 is 0 Å². The number of benzene rings is 3. The minimum Gasteiger partial charge on any atom is -0.457 e. The van der Waals surface area contributed by atoms with E-state index in [0.29, 0.717) is 47.2 Å². The van der Waals surface area contributed by atoms with Crippen LogP contribution in [0.5, 0.6) is 11.5 Å². The Labute approximate surface area is 264 Å². The van der Waals surface area contributed by atoms with E-state index in [9.17, 15) is 14.4 Å². The summed E-state index contributed by atoms with van der Waals surface area (Å²) >= 11 is 6.58. The quantitative estimate of drug-likeness (QED) is 0.215. The second-order valence-corrected chi connectivity index (χ2v) is 11.2. The molecule has 1 saturated heterocycles. The Morgan fingerprint density at radius 2 is 1.73 bits per heavy atom. The van der Waals surface area contributed by atoms with Gasteiger partial charge in [-0.15, -0.1) is 0 Å². The number of nitrogens with zero attached hydrogens (tertiary/aromatic N) is 4. The van der Waals surface area contributed by atoms with Crippen molar-refractivity contribution >= 4 is 35.5 Å². The Balaban J connectivity index is 1.07. The number of nitrogens with one attached hydrogen (secondary N) is 1. The molecule has 3 aromatic carbocycles. The zero-order chi connectivity index (χ0) is 31.5. The lowest BCUT2D eigenvalue weighted by Crippen LogP contribution is -2.38. The van der Waals surface area contributed by atoms with Crippen LogP contribution in [0.3, 0.4) is 0 Å². The SMILES string of the molecule is Cn1cc(-c2cnc(N)c(C(=O)N[C@@H]3CCN(C(=O)c4ccc(-c5ccc(Oc6ccc(C=O)cc6)cc5Cl)cc4)C3)c2)cn1. The fourth-order valence-corrected chi connectivity index (χ4v) is 5.51. The Kier molecular flexibility index (Phi) is 8.30. The number of likely N-dealkylation sites (tertiary alicyclic amines) is 1. The summed E-state index contributed by atoms with van der Waals surface area (Å²) in [5, 5.41) is 7.67. The van der Waals surface area contributed by atoms with Gasteiger partial charge in [0, 0.05) is 72.5 Å². The number of pyridine rings is 1. The third-order valence-electron chi connectivity index (χ3n) is 7.65. The molecule has 1 aliphatic rings. The molecule has 2 aromatic heterocycles. The number of aromatic nitrogens is 3. The molecule has 45 heavy (non-hydrogen) atoms. The van der Waals surface area contributed by atoms with Crippen LogP contribution in [0.15, 0.2) is 91.4 Å². The molecule has 1 aliphatic heterocycles. The number of hydrogen-bond donors (Lipinski definition) is 2. The molecule has 10 nitrogen and oxygen atoms in total. The largest absolute Gasteiger partial charge is 0.457 e. The van der Waals surface area contributed by atoms with Gasteiger partial charge in [0.15, 0.2) is 0 Å². The lowest BCUT2D eigenvalue weighted by Gasteiger charge is -2.18. The fraction of sp³-hybridized carbons (Fsp3) is 0.147. The van der Waals surface area contributed by atoms with E-state index in [1.165, 1.54) is 0 Å². The van der Waals surface area contributed by atoms with Crippen LogP contribution in [0.25, 0.3) is 22.3 Å². The molecule has 0 bridgehead atoms. The Morgan fingerprint density at radius 3 is 2.42 bits per heavy atom. The average molecular weight is 621 g/mol. The molecule has 0 spiro atoms. The van der Waals surface area contributed by atoms with E-state index >= 15 is 0 Å². The number of ether oxygens (including phenoxy) is 1. The number of carbonyl (C=O) groups is 3. The molecule has 3 N–H and O–H groups in total. The average Bonchev–Trinajstić information content (AvgIpc) is 3.70. The van der Waals surface area contributed by atoms with Gasteiger partial charge in [0.2, 0.25) is 0 Å². The van der Waals surface area contributed by atoms with Crippen LogP contribution in [-0.2, 0) is 7.05 Å². The highest BCUT2D eigenvalue weighted by atomic mass is 35.5. The molecule has 0 unspecified atom stereocenters. The van der Waals surface area contributed by atoms with Crippen molar-refractivity contribution in [1.82, 2.24) is 25.0 Å². The zero-order valence-corrected chi connectivity index (χ0v) is 25.1. The van der Waals surface area contributed by atoms with Crippen LogP contribution >= 0.6 is 11.6 Å². The van der Waals surface area contributed by atoms with Gasteiger partial charge in [-0.1, -0.05) is 23.7 Å². The smallest absolute Gasteiger partial charge is 0.255 e. The van der Waals surface area contributed by atoms with Gasteiger partial charge in [-0.25, -0.2) is 4.98 Å². The van der Waals surface area contributed by atoms with Gasteiger partial charge in [-0.3, -0.25) is 19.1 Å². The fourth-order valence-electron chi connectivity index (χ4n) is 5.23. The number of aldehydes is 1. The van der Waals surface area contributed by atoms with Crippen molar-refractivity contribution in [3.63, 3.8) is 0 Å². The maximum atomic E-state index is 13.3. The third-order valence-corrected chi connectivity index (χ3v) is 7.96. The van der Waals surface area contributed by atoms with Crippen molar-refractivity contribution in [2.24, 2.45) is 7.05 Å². The van der Waals surface area contributed by atoms with Gasteiger partial charge in [0.25, 0.3) is 11.8 Å². The third kappa shape index (κ3) is 6.56. The molecule has 0 aliphatic carbocycles. The maximum absolute atomic E-state index is 13.3. The van der Waals surface area contributed by atoms with E-state index < -0.39 is 0 Å². The maximum Gasteiger partial charge on any atom is 0.255 e. The van der Waals surface area contributed by atoms with Gasteiger partial charge in [-0.2, -0.15) is 5.10 Å². The standard InChI is InChI=1S/C34H29ClN6O4/c1-40-18-25(17-38-40)24-14-30(32(36)37-16-24)33(43)39-26-12-13-41(19-26)34(44)23-6-4-22(5-7-23)29-11-10-28(15-31(29)35)45-27-8-2-21(20-42)3-9-27/h2-11,14-18,20,26H,12-13,19H2,1H3,(H2,36,37)(H,39,43)/t26-/m1/s1. The summed E-state index contributed by atoms with van der Waals surface area (Å²) < 4.78 is 7.53. The van der Waals surface area contributed by atoms with E-state index in [2.05, 4.69) is 15.4 Å². The van der Waals surface area contributed by atoms with Crippen molar-refractivity contribution in [2.75, 3.05) is 18.8 Å². The summed E-state index contributed by atoms with van der Waals surface area (Å²) in [6.07, 6.45) is 6.54. The number of hydrogen-bond acceptors (Lipinski definition) is 7. The Morgan fingerprint density at radius 1 is 0.978 bits per heavy atom. The highest BCUT2D eigenvalue weighted by Crippen LogP contribution is 2.33. The first-order valence-corrected chi connectivity index (χ1v) is 14.6. The topological polar surface area (TPSA) is 132 Å². The second-order valence-electron chi connectivity index (χ2n) is 10.8. The molecular formula is C34H29ClN6O4. The van der Waals surface area contributed by atoms with Crippen molar-refractivity contribution in [1.29, 1.82) is 0 Å². The number of carbonyl (C=O) groups excluding carboxylic acids is 3. The van der Waals surface area contributed by atoms with Crippen molar-refractivity contribution in [3.8, 4) is 33.8 Å². The first-order valence-electron chi connectivity index (χ1n) is 14.2. The molecule has 0 radical (unpaired) electrons. The van der Waals surface area contributed by atoms with Crippen LogP contribution in [0.4, 0.5) is 5.82 Å². The number of nitrogens with two attached hydrogens (primary N) is 1. The summed E-state index contributed by atoms with van der Waals surface area (Å²) in [4.78, 5) is 43.2. The highest BCUT2D eigenvalue weighted by molar-refractivity contribution is 6.33. The molecule has 0 saturated carbocycles. The number of nitrogen functional groups attached to an aromatic ring is 1.